The molecule has 2 heterocycles. The van der Waals surface area contributed by atoms with Crippen LogP contribution in [0.5, 0.6) is 0 Å². The van der Waals surface area contributed by atoms with Crippen LogP contribution in [0, 0.1) is 0 Å². The second-order valence-corrected chi connectivity index (χ2v) is 5.91. The molecule has 5 heteroatoms. The fourth-order valence-electron chi connectivity index (χ4n) is 3.19. The van der Waals surface area contributed by atoms with Crippen molar-refractivity contribution >= 4 is 11.6 Å². The molecule has 1 aromatic carbocycles. The Morgan fingerprint density at radius 2 is 2.09 bits per heavy atom. The Morgan fingerprint density at radius 3 is 2.87 bits per heavy atom. The molecule has 1 aliphatic rings. The number of benzene rings is 1. The van der Waals surface area contributed by atoms with Crippen LogP contribution in [0.25, 0.3) is 0 Å². The minimum absolute atomic E-state index is 0.177. The van der Waals surface area contributed by atoms with E-state index in [0.717, 1.165) is 44.0 Å². The molecule has 23 heavy (non-hydrogen) atoms. The van der Waals surface area contributed by atoms with E-state index in [4.69, 9.17) is 0 Å². The predicted octanol–water partition coefficient (Wildman–Crippen LogP) is 2.61. The van der Waals surface area contributed by atoms with E-state index in [1.165, 1.54) is 11.1 Å². The summed E-state index contributed by atoms with van der Waals surface area (Å²) in [7, 11) is 0. The van der Waals surface area contributed by atoms with Gasteiger partial charge in [-0.25, -0.2) is 9.97 Å². The third kappa shape index (κ3) is 3.62. The van der Waals surface area contributed by atoms with Gasteiger partial charge in [-0.15, -0.1) is 0 Å². The monoisotopic (exact) mass is 312 g/mol. The summed E-state index contributed by atoms with van der Waals surface area (Å²) >= 11 is 0. The number of rotatable bonds is 6. The summed E-state index contributed by atoms with van der Waals surface area (Å²) in [4.78, 5) is 10.9. The van der Waals surface area contributed by atoms with Gasteiger partial charge in [0.25, 0.3) is 0 Å². The van der Waals surface area contributed by atoms with Crippen molar-refractivity contribution in [1.29, 1.82) is 0 Å². The maximum atomic E-state index is 9.48. The van der Waals surface area contributed by atoms with Crippen LogP contribution in [0.2, 0.25) is 0 Å². The van der Waals surface area contributed by atoms with Crippen molar-refractivity contribution in [3.8, 4) is 0 Å². The van der Waals surface area contributed by atoms with Crippen molar-refractivity contribution in [2.45, 2.75) is 38.8 Å². The largest absolute Gasteiger partial charge is 0.394 e. The highest BCUT2D eigenvalue weighted by Crippen LogP contribution is 2.24. The van der Waals surface area contributed by atoms with Gasteiger partial charge in [0.2, 0.25) is 0 Å². The minimum Gasteiger partial charge on any atom is -0.394 e. The molecule has 5 nitrogen and oxygen atoms in total. The summed E-state index contributed by atoms with van der Waals surface area (Å²) in [5, 5.41) is 12.9. The van der Waals surface area contributed by atoms with Gasteiger partial charge in [-0.05, 0) is 30.4 Å². The number of nitrogens with zero attached hydrogens (tertiary/aromatic N) is 3. The van der Waals surface area contributed by atoms with E-state index in [9.17, 15) is 5.11 Å². The van der Waals surface area contributed by atoms with Crippen LogP contribution in [0.15, 0.2) is 36.7 Å². The molecular weight excluding hydrogens is 288 g/mol. The van der Waals surface area contributed by atoms with E-state index in [1.807, 2.05) is 6.07 Å². The van der Waals surface area contributed by atoms with Crippen LogP contribution < -0.4 is 10.2 Å². The first-order valence-electron chi connectivity index (χ1n) is 8.32. The Balaban J connectivity index is 1.70. The molecule has 3 rings (SSSR count). The molecule has 122 valence electrons. The van der Waals surface area contributed by atoms with Gasteiger partial charge in [0.1, 0.15) is 18.0 Å². The highest BCUT2D eigenvalue weighted by atomic mass is 16.3. The van der Waals surface area contributed by atoms with E-state index < -0.39 is 0 Å². The third-order valence-electron chi connectivity index (χ3n) is 4.49. The Kier molecular flexibility index (Phi) is 5.08. The maximum absolute atomic E-state index is 9.48. The van der Waals surface area contributed by atoms with Crippen LogP contribution in [0.1, 0.15) is 30.9 Å². The van der Waals surface area contributed by atoms with Gasteiger partial charge in [-0.2, -0.15) is 0 Å². The zero-order chi connectivity index (χ0) is 16.1. The fourth-order valence-corrected chi connectivity index (χ4v) is 3.19. The lowest BCUT2D eigenvalue weighted by molar-refractivity contribution is 0.266. The molecule has 2 N–H and O–H groups in total. The molecule has 1 atom stereocenters. The molecule has 0 saturated carbocycles. The Hall–Kier alpha value is -2.14. The van der Waals surface area contributed by atoms with Crippen molar-refractivity contribution in [3.63, 3.8) is 0 Å². The van der Waals surface area contributed by atoms with E-state index in [1.54, 1.807) is 6.33 Å². The van der Waals surface area contributed by atoms with E-state index in [2.05, 4.69) is 51.4 Å². The van der Waals surface area contributed by atoms with Crippen LogP contribution >= 0.6 is 0 Å². The number of aromatic nitrogens is 2. The molecule has 1 saturated heterocycles. The summed E-state index contributed by atoms with van der Waals surface area (Å²) in [6.07, 6.45) is 4.74. The van der Waals surface area contributed by atoms with Crippen LogP contribution in [0.3, 0.4) is 0 Å². The molecule has 0 radical (unpaired) electrons. The second kappa shape index (κ2) is 7.42. The van der Waals surface area contributed by atoms with E-state index in [0.29, 0.717) is 0 Å². The number of aliphatic hydroxyl groups excluding tert-OH is 1. The normalized spacial score (nSPS) is 17.5. The third-order valence-corrected chi connectivity index (χ3v) is 4.49. The van der Waals surface area contributed by atoms with Gasteiger partial charge >= 0.3 is 0 Å². The van der Waals surface area contributed by atoms with Crippen molar-refractivity contribution in [2.75, 3.05) is 23.4 Å². The van der Waals surface area contributed by atoms with Crippen molar-refractivity contribution in [3.05, 3.63) is 47.8 Å². The van der Waals surface area contributed by atoms with E-state index in [-0.39, 0.29) is 12.6 Å². The molecule has 1 fully saturated rings. The number of aryl methyl sites for hydroxylation is 1. The lowest BCUT2D eigenvalue weighted by Gasteiger charge is -2.24. The van der Waals surface area contributed by atoms with Gasteiger partial charge in [0, 0.05) is 19.2 Å². The Bertz CT molecular complexity index is 646. The van der Waals surface area contributed by atoms with Gasteiger partial charge < -0.3 is 15.3 Å². The smallest absolute Gasteiger partial charge is 0.134 e. The number of hydrogen-bond donors (Lipinski definition) is 2. The molecular formula is C18H24N4O. The average molecular weight is 312 g/mol. The molecule has 1 aliphatic heterocycles. The zero-order valence-corrected chi connectivity index (χ0v) is 13.6. The van der Waals surface area contributed by atoms with Crippen LogP contribution in [0.4, 0.5) is 11.6 Å². The summed E-state index contributed by atoms with van der Waals surface area (Å²) in [6.45, 7) is 4.05. The number of anilines is 2. The Labute approximate surface area is 137 Å². The fraction of sp³-hybridized carbons (Fsp3) is 0.444. The van der Waals surface area contributed by atoms with Crippen molar-refractivity contribution in [1.82, 2.24) is 9.97 Å². The Morgan fingerprint density at radius 1 is 1.26 bits per heavy atom. The van der Waals surface area contributed by atoms with Gasteiger partial charge in [0.05, 0.1) is 12.6 Å². The average Bonchev–Trinajstić information content (AvgIpc) is 3.09. The topological polar surface area (TPSA) is 61.3 Å². The minimum atomic E-state index is 0.177. The van der Waals surface area contributed by atoms with Gasteiger partial charge in [0.15, 0.2) is 0 Å². The number of nitrogens with one attached hydrogen (secondary N) is 1. The quantitative estimate of drug-likeness (QED) is 0.858. The number of aliphatic hydroxyl groups is 1. The highest BCUT2D eigenvalue weighted by molar-refractivity contribution is 5.50. The molecule has 0 spiro atoms. The first-order chi connectivity index (χ1) is 11.3. The first-order valence-corrected chi connectivity index (χ1v) is 8.32. The molecule has 0 bridgehead atoms. The maximum Gasteiger partial charge on any atom is 0.134 e. The summed E-state index contributed by atoms with van der Waals surface area (Å²) in [5.41, 5.74) is 2.65. The number of hydrogen-bond acceptors (Lipinski definition) is 5. The molecule has 0 amide bonds. The zero-order valence-electron chi connectivity index (χ0n) is 13.6. The molecule has 1 unspecified atom stereocenters. The van der Waals surface area contributed by atoms with E-state index >= 15 is 0 Å². The van der Waals surface area contributed by atoms with Crippen LogP contribution in [-0.4, -0.2) is 34.3 Å². The van der Waals surface area contributed by atoms with Crippen molar-refractivity contribution in [2.24, 2.45) is 0 Å². The standard InChI is InChI=1S/C18H24N4O/c1-2-14-6-3-4-7-15(14)11-19-17-10-18(21-13-20-17)22-9-5-8-16(22)12-23/h3-4,6-7,10,13,16,23H,2,5,8-9,11-12H2,1H3,(H,19,20,21). The second-order valence-electron chi connectivity index (χ2n) is 5.91. The molecule has 2 aromatic rings. The SMILES string of the molecule is CCc1ccccc1CNc1cc(N2CCCC2CO)ncn1. The predicted molar refractivity (Wildman–Crippen MR) is 92.6 cm³/mol. The van der Waals surface area contributed by atoms with Crippen molar-refractivity contribution < 1.29 is 5.11 Å². The lowest BCUT2D eigenvalue weighted by atomic mass is 10.1. The highest BCUT2D eigenvalue weighted by Gasteiger charge is 2.25. The lowest BCUT2D eigenvalue weighted by Crippen LogP contribution is -2.32. The summed E-state index contributed by atoms with van der Waals surface area (Å²) in [6, 6.07) is 10.6. The van der Waals surface area contributed by atoms with Gasteiger partial charge in [-0.1, -0.05) is 31.2 Å². The molecule has 0 aliphatic carbocycles. The first kappa shape index (κ1) is 15.7. The summed E-state index contributed by atoms with van der Waals surface area (Å²) in [5.74, 6) is 1.72. The molecule has 1 aromatic heterocycles. The van der Waals surface area contributed by atoms with Gasteiger partial charge in [-0.3, -0.25) is 0 Å². The van der Waals surface area contributed by atoms with Crippen LogP contribution in [-0.2, 0) is 13.0 Å². The summed E-state index contributed by atoms with van der Waals surface area (Å²) < 4.78 is 0.